The maximum atomic E-state index is 6.06. The van der Waals surface area contributed by atoms with E-state index in [4.69, 9.17) is 22.1 Å². The molecular weight excluding hydrogens is 320 g/mol. The van der Waals surface area contributed by atoms with Crippen molar-refractivity contribution in [1.29, 1.82) is 0 Å². The van der Waals surface area contributed by atoms with Gasteiger partial charge in [0.15, 0.2) is 5.96 Å². The second-order valence-electron chi connectivity index (χ2n) is 4.74. The predicted molar refractivity (Wildman–Crippen MR) is 93.4 cm³/mol. The van der Waals surface area contributed by atoms with Crippen molar-refractivity contribution in [2.45, 2.75) is 20.3 Å². The van der Waals surface area contributed by atoms with Gasteiger partial charge < -0.3 is 15.8 Å². The minimum Gasteiger partial charge on any atom is -0.495 e. The molecule has 118 valence electrons. The fourth-order valence-corrected chi connectivity index (χ4v) is 3.03. The number of rotatable bonds is 5. The second kappa shape index (κ2) is 7.47. The molecule has 1 aromatic carbocycles. The lowest BCUT2D eigenvalue weighted by atomic mass is 10.3. The summed E-state index contributed by atoms with van der Waals surface area (Å²) in [5, 5.41) is 4.61. The number of thiazole rings is 1. The average molecular weight is 339 g/mol. The summed E-state index contributed by atoms with van der Waals surface area (Å²) in [6.07, 6.45) is 0.783. The van der Waals surface area contributed by atoms with Gasteiger partial charge in [-0.3, -0.25) is 4.99 Å². The molecule has 5 nitrogen and oxygen atoms in total. The van der Waals surface area contributed by atoms with E-state index in [0.717, 1.165) is 22.8 Å². The Hall–Kier alpha value is -1.79. The SMILES string of the molecule is COc1ccc(NC(N)=NCCc2nc(C)c(C)s2)cc1Cl. The van der Waals surface area contributed by atoms with E-state index in [0.29, 0.717) is 23.3 Å². The number of hydrogen-bond acceptors (Lipinski definition) is 4. The molecular formula is C15H19ClN4OS. The van der Waals surface area contributed by atoms with E-state index in [1.165, 1.54) is 4.88 Å². The fourth-order valence-electron chi connectivity index (χ4n) is 1.85. The molecule has 0 bridgehead atoms. The van der Waals surface area contributed by atoms with Crippen LogP contribution in [0.5, 0.6) is 5.75 Å². The van der Waals surface area contributed by atoms with Crippen LogP contribution in [0.3, 0.4) is 0 Å². The van der Waals surface area contributed by atoms with Gasteiger partial charge in [-0.1, -0.05) is 11.6 Å². The molecule has 3 N–H and O–H groups in total. The van der Waals surface area contributed by atoms with Gasteiger partial charge in [-0.2, -0.15) is 0 Å². The van der Waals surface area contributed by atoms with Gasteiger partial charge >= 0.3 is 0 Å². The average Bonchev–Trinajstić information content (AvgIpc) is 2.78. The van der Waals surface area contributed by atoms with Crippen LogP contribution < -0.4 is 15.8 Å². The summed E-state index contributed by atoms with van der Waals surface area (Å²) >= 11 is 7.77. The zero-order valence-corrected chi connectivity index (χ0v) is 14.4. The summed E-state index contributed by atoms with van der Waals surface area (Å²) in [6.45, 7) is 4.68. The third kappa shape index (κ3) is 4.35. The first-order valence-corrected chi connectivity index (χ1v) is 8.02. The Morgan fingerprint density at radius 2 is 2.23 bits per heavy atom. The van der Waals surface area contributed by atoms with Gasteiger partial charge in [-0.05, 0) is 32.0 Å². The van der Waals surface area contributed by atoms with Gasteiger partial charge in [0, 0.05) is 23.5 Å². The van der Waals surface area contributed by atoms with Crippen molar-refractivity contribution in [3.05, 3.63) is 38.8 Å². The van der Waals surface area contributed by atoms with Crippen LogP contribution >= 0.6 is 22.9 Å². The molecule has 0 aliphatic rings. The lowest BCUT2D eigenvalue weighted by Crippen LogP contribution is -2.23. The Morgan fingerprint density at radius 1 is 1.45 bits per heavy atom. The van der Waals surface area contributed by atoms with Crippen LogP contribution in [0, 0.1) is 13.8 Å². The number of halogens is 1. The van der Waals surface area contributed by atoms with Gasteiger partial charge in [-0.15, -0.1) is 11.3 Å². The minimum absolute atomic E-state index is 0.353. The number of nitrogens with one attached hydrogen (secondary N) is 1. The molecule has 0 aliphatic heterocycles. The van der Waals surface area contributed by atoms with Crippen molar-refractivity contribution in [2.75, 3.05) is 19.0 Å². The third-order valence-corrected chi connectivity index (χ3v) is 4.53. The summed E-state index contributed by atoms with van der Waals surface area (Å²) < 4.78 is 5.10. The van der Waals surface area contributed by atoms with Crippen LogP contribution in [0.1, 0.15) is 15.6 Å². The van der Waals surface area contributed by atoms with E-state index >= 15 is 0 Å². The number of hydrogen-bond donors (Lipinski definition) is 2. The number of nitrogens with two attached hydrogens (primary N) is 1. The Morgan fingerprint density at radius 3 is 2.82 bits per heavy atom. The van der Waals surface area contributed by atoms with Gasteiger partial charge in [0.05, 0.1) is 22.8 Å². The highest BCUT2D eigenvalue weighted by Crippen LogP contribution is 2.27. The van der Waals surface area contributed by atoms with Crippen molar-refractivity contribution < 1.29 is 4.74 Å². The van der Waals surface area contributed by atoms with Crippen LogP contribution in [0.15, 0.2) is 23.2 Å². The Kier molecular flexibility index (Phi) is 5.63. The van der Waals surface area contributed by atoms with Crippen molar-refractivity contribution in [3.8, 4) is 5.75 Å². The van der Waals surface area contributed by atoms with E-state index in [1.54, 1.807) is 30.6 Å². The van der Waals surface area contributed by atoms with Crippen LogP contribution in [-0.4, -0.2) is 24.6 Å². The Bertz CT molecular complexity index is 665. The van der Waals surface area contributed by atoms with Crippen molar-refractivity contribution in [2.24, 2.45) is 10.7 Å². The summed E-state index contributed by atoms with van der Waals surface area (Å²) in [7, 11) is 1.58. The molecule has 0 saturated carbocycles. The zero-order chi connectivity index (χ0) is 16.1. The predicted octanol–water partition coefficient (Wildman–Crippen LogP) is 3.39. The molecule has 1 heterocycles. The van der Waals surface area contributed by atoms with Crippen molar-refractivity contribution >= 4 is 34.6 Å². The van der Waals surface area contributed by atoms with Crippen LogP contribution in [0.2, 0.25) is 5.02 Å². The summed E-state index contributed by atoms with van der Waals surface area (Å²) in [6, 6.07) is 5.36. The number of nitrogens with zero attached hydrogens (tertiary/aromatic N) is 2. The Labute approximate surface area is 139 Å². The maximum absolute atomic E-state index is 6.06. The molecule has 0 aliphatic carbocycles. The van der Waals surface area contributed by atoms with Gasteiger partial charge in [0.25, 0.3) is 0 Å². The molecule has 0 amide bonds. The minimum atomic E-state index is 0.353. The molecule has 22 heavy (non-hydrogen) atoms. The van der Waals surface area contributed by atoms with E-state index in [2.05, 4.69) is 22.2 Å². The van der Waals surface area contributed by atoms with E-state index in [1.807, 2.05) is 13.0 Å². The molecule has 0 atom stereocenters. The number of aromatic nitrogens is 1. The largest absolute Gasteiger partial charge is 0.495 e. The first-order valence-electron chi connectivity index (χ1n) is 6.83. The highest BCUT2D eigenvalue weighted by atomic mass is 35.5. The number of aryl methyl sites for hydroxylation is 2. The third-order valence-electron chi connectivity index (χ3n) is 3.10. The standard InChI is InChI=1S/C15H19ClN4OS/c1-9-10(2)22-14(19-9)6-7-18-15(17)20-11-4-5-13(21-3)12(16)8-11/h4-5,8H,6-7H2,1-3H3,(H3,17,18,20). The molecule has 0 unspecified atom stereocenters. The van der Waals surface area contributed by atoms with Gasteiger partial charge in [-0.25, -0.2) is 4.98 Å². The first kappa shape index (κ1) is 16.6. The summed E-state index contributed by atoms with van der Waals surface area (Å²) in [5.74, 6) is 0.975. The normalized spacial score (nSPS) is 11.5. The molecule has 2 aromatic rings. The molecule has 0 fully saturated rings. The number of guanidine groups is 1. The topological polar surface area (TPSA) is 72.5 Å². The highest BCUT2D eigenvalue weighted by Gasteiger charge is 2.04. The number of benzene rings is 1. The maximum Gasteiger partial charge on any atom is 0.193 e. The second-order valence-corrected chi connectivity index (χ2v) is 6.44. The monoisotopic (exact) mass is 338 g/mol. The molecule has 0 spiro atoms. The summed E-state index contributed by atoms with van der Waals surface area (Å²) in [5.41, 5.74) is 7.73. The molecule has 0 saturated heterocycles. The number of aliphatic imine (C=N–C) groups is 1. The molecule has 7 heteroatoms. The smallest absolute Gasteiger partial charge is 0.193 e. The van der Waals surface area contributed by atoms with Crippen LogP contribution in [0.25, 0.3) is 0 Å². The number of methoxy groups -OCH3 is 1. The van der Waals surface area contributed by atoms with Crippen molar-refractivity contribution in [1.82, 2.24) is 4.98 Å². The quantitative estimate of drug-likeness (QED) is 0.647. The van der Waals surface area contributed by atoms with Gasteiger partial charge in [0.1, 0.15) is 5.75 Å². The van der Waals surface area contributed by atoms with Crippen molar-refractivity contribution in [3.63, 3.8) is 0 Å². The van der Waals surface area contributed by atoms with Crippen LogP contribution in [-0.2, 0) is 6.42 Å². The van der Waals surface area contributed by atoms with E-state index < -0.39 is 0 Å². The van der Waals surface area contributed by atoms with Gasteiger partial charge in [0.2, 0.25) is 0 Å². The lowest BCUT2D eigenvalue weighted by molar-refractivity contribution is 0.415. The Balaban J connectivity index is 1.91. The number of anilines is 1. The van der Waals surface area contributed by atoms with Crippen LogP contribution in [0.4, 0.5) is 5.69 Å². The van der Waals surface area contributed by atoms with E-state index in [9.17, 15) is 0 Å². The molecule has 1 aromatic heterocycles. The first-order chi connectivity index (χ1) is 10.5. The highest BCUT2D eigenvalue weighted by molar-refractivity contribution is 7.11. The lowest BCUT2D eigenvalue weighted by Gasteiger charge is -2.08. The fraction of sp³-hybridized carbons (Fsp3) is 0.333. The molecule has 2 rings (SSSR count). The molecule has 0 radical (unpaired) electrons. The summed E-state index contributed by atoms with van der Waals surface area (Å²) in [4.78, 5) is 10.0. The van der Waals surface area contributed by atoms with E-state index in [-0.39, 0.29) is 0 Å². The number of ether oxygens (including phenoxy) is 1. The zero-order valence-electron chi connectivity index (χ0n) is 12.8.